The molecule has 0 saturated carbocycles. The number of rotatable bonds is 2. The molecule has 4 nitrogen and oxygen atoms in total. The van der Waals surface area contributed by atoms with Gasteiger partial charge >= 0.3 is 5.97 Å². The fraction of sp³-hybridized carbons (Fsp3) is 0.250. The number of aliphatic carboxylic acids is 1. The van der Waals surface area contributed by atoms with Crippen molar-refractivity contribution in [3.63, 3.8) is 0 Å². The Kier molecular flexibility index (Phi) is 2.34. The smallest absolute Gasteiger partial charge is 0.313 e. The number of aromatic nitrogens is 2. The molecule has 0 spiro atoms. The second kappa shape index (κ2) is 3.56. The zero-order valence-electron chi connectivity index (χ0n) is 9.14. The predicted octanol–water partition coefficient (Wildman–Crippen LogP) is 1.99. The van der Waals surface area contributed by atoms with Gasteiger partial charge in [0.2, 0.25) is 0 Å². The Morgan fingerprint density at radius 3 is 2.62 bits per heavy atom. The van der Waals surface area contributed by atoms with E-state index in [2.05, 4.69) is 9.97 Å². The molecular weight excluding hydrogens is 204 g/mol. The number of pyridine rings is 2. The Morgan fingerprint density at radius 2 is 1.94 bits per heavy atom. The van der Waals surface area contributed by atoms with Gasteiger partial charge in [0.15, 0.2) is 5.65 Å². The van der Waals surface area contributed by atoms with Gasteiger partial charge in [-0.15, -0.1) is 0 Å². The lowest BCUT2D eigenvalue weighted by molar-refractivity contribution is -0.142. The summed E-state index contributed by atoms with van der Waals surface area (Å²) in [5.74, 6) is -0.858. The van der Waals surface area contributed by atoms with E-state index in [-0.39, 0.29) is 0 Å². The molecule has 16 heavy (non-hydrogen) atoms. The first-order valence-electron chi connectivity index (χ1n) is 4.97. The molecule has 0 aromatic carbocycles. The largest absolute Gasteiger partial charge is 0.481 e. The predicted molar refractivity (Wildman–Crippen MR) is 60.2 cm³/mol. The fourth-order valence-corrected chi connectivity index (χ4v) is 1.64. The SMILES string of the molecule is CC(C)(C(=O)O)c1ccnc2ncccc12. The van der Waals surface area contributed by atoms with E-state index in [0.29, 0.717) is 5.65 Å². The first kappa shape index (κ1) is 10.5. The molecule has 0 fully saturated rings. The van der Waals surface area contributed by atoms with Crippen LogP contribution in [-0.4, -0.2) is 21.0 Å². The van der Waals surface area contributed by atoms with Gasteiger partial charge in [0.1, 0.15) is 0 Å². The number of hydrogen-bond acceptors (Lipinski definition) is 3. The second-order valence-corrected chi connectivity index (χ2v) is 4.16. The van der Waals surface area contributed by atoms with Crippen LogP contribution < -0.4 is 0 Å². The van der Waals surface area contributed by atoms with Gasteiger partial charge in [0.05, 0.1) is 5.41 Å². The van der Waals surface area contributed by atoms with Crippen molar-refractivity contribution in [2.24, 2.45) is 0 Å². The maximum atomic E-state index is 11.2. The van der Waals surface area contributed by atoms with Crippen LogP contribution in [0.5, 0.6) is 0 Å². The number of carbonyl (C=O) groups is 1. The Morgan fingerprint density at radius 1 is 1.25 bits per heavy atom. The average molecular weight is 216 g/mol. The van der Waals surface area contributed by atoms with Gasteiger partial charge in [0, 0.05) is 17.8 Å². The fourth-order valence-electron chi connectivity index (χ4n) is 1.64. The van der Waals surface area contributed by atoms with E-state index in [9.17, 15) is 9.90 Å². The molecule has 2 aromatic rings. The molecule has 2 rings (SSSR count). The third kappa shape index (κ3) is 1.52. The lowest BCUT2D eigenvalue weighted by Gasteiger charge is -2.20. The molecule has 0 aliphatic rings. The number of fused-ring (bicyclic) bond motifs is 1. The Hall–Kier alpha value is -1.97. The minimum Gasteiger partial charge on any atom is -0.481 e. The highest BCUT2D eigenvalue weighted by molar-refractivity contribution is 5.89. The van der Waals surface area contributed by atoms with Crippen LogP contribution in [0, 0.1) is 0 Å². The molecule has 0 atom stereocenters. The van der Waals surface area contributed by atoms with E-state index in [0.717, 1.165) is 10.9 Å². The van der Waals surface area contributed by atoms with Crippen molar-refractivity contribution < 1.29 is 9.90 Å². The lowest BCUT2D eigenvalue weighted by Crippen LogP contribution is -2.28. The molecule has 1 N–H and O–H groups in total. The molecule has 0 unspecified atom stereocenters. The minimum atomic E-state index is -0.940. The average Bonchev–Trinajstić information content (AvgIpc) is 2.28. The highest BCUT2D eigenvalue weighted by atomic mass is 16.4. The van der Waals surface area contributed by atoms with Gasteiger partial charge in [-0.3, -0.25) is 4.79 Å². The molecule has 0 saturated heterocycles. The van der Waals surface area contributed by atoms with Crippen LogP contribution in [0.1, 0.15) is 19.4 Å². The summed E-state index contributed by atoms with van der Waals surface area (Å²) in [6.45, 7) is 3.36. The third-order valence-electron chi connectivity index (χ3n) is 2.72. The van der Waals surface area contributed by atoms with Crippen LogP contribution in [0.15, 0.2) is 30.6 Å². The number of carboxylic acid groups (broad SMARTS) is 1. The van der Waals surface area contributed by atoms with E-state index in [4.69, 9.17) is 0 Å². The number of nitrogens with zero attached hydrogens (tertiary/aromatic N) is 2. The van der Waals surface area contributed by atoms with Crippen molar-refractivity contribution in [3.05, 3.63) is 36.2 Å². The van der Waals surface area contributed by atoms with Crippen molar-refractivity contribution in [3.8, 4) is 0 Å². The minimum absolute atomic E-state index is 0.578. The van der Waals surface area contributed by atoms with Crippen LogP contribution in [0.3, 0.4) is 0 Å². The van der Waals surface area contributed by atoms with Crippen molar-refractivity contribution >= 4 is 17.0 Å². The summed E-state index contributed by atoms with van der Waals surface area (Å²) < 4.78 is 0. The normalized spacial score (nSPS) is 11.6. The van der Waals surface area contributed by atoms with Crippen LogP contribution >= 0.6 is 0 Å². The maximum absolute atomic E-state index is 11.2. The Balaban J connectivity index is 2.74. The quantitative estimate of drug-likeness (QED) is 0.833. The van der Waals surface area contributed by atoms with Crippen LogP contribution in [-0.2, 0) is 10.2 Å². The summed E-state index contributed by atoms with van der Waals surface area (Å²) in [5.41, 5.74) is 0.372. The topological polar surface area (TPSA) is 63.1 Å². The summed E-state index contributed by atoms with van der Waals surface area (Å²) in [6, 6.07) is 5.36. The number of hydrogen-bond donors (Lipinski definition) is 1. The van der Waals surface area contributed by atoms with E-state index >= 15 is 0 Å². The molecule has 0 amide bonds. The molecule has 0 aliphatic heterocycles. The molecule has 0 radical (unpaired) electrons. The van der Waals surface area contributed by atoms with Crippen molar-refractivity contribution in [2.75, 3.05) is 0 Å². The van der Waals surface area contributed by atoms with Gasteiger partial charge in [-0.1, -0.05) is 0 Å². The van der Waals surface area contributed by atoms with E-state index in [1.165, 1.54) is 0 Å². The molecule has 0 aliphatic carbocycles. The Labute approximate surface area is 93.0 Å². The van der Waals surface area contributed by atoms with Crippen molar-refractivity contribution in [1.29, 1.82) is 0 Å². The third-order valence-corrected chi connectivity index (χ3v) is 2.72. The second-order valence-electron chi connectivity index (χ2n) is 4.16. The monoisotopic (exact) mass is 216 g/mol. The summed E-state index contributed by atoms with van der Waals surface area (Å²) in [7, 11) is 0. The van der Waals surface area contributed by atoms with E-state index in [1.807, 2.05) is 6.07 Å². The zero-order valence-corrected chi connectivity index (χ0v) is 9.14. The van der Waals surface area contributed by atoms with Crippen molar-refractivity contribution in [2.45, 2.75) is 19.3 Å². The zero-order chi connectivity index (χ0) is 11.8. The summed E-state index contributed by atoms with van der Waals surface area (Å²) in [5, 5.41) is 10.0. The van der Waals surface area contributed by atoms with Gasteiger partial charge in [0.25, 0.3) is 0 Å². The van der Waals surface area contributed by atoms with E-state index in [1.54, 1.807) is 38.4 Å². The molecule has 0 bridgehead atoms. The van der Waals surface area contributed by atoms with Crippen LogP contribution in [0.25, 0.3) is 11.0 Å². The molecule has 2 aromatic heterocycles. The first-order valence-corrected chi connectivity index (χ1v) is 4.97. The Bertz CT molecular complexity index is 544. The maximum Gasteiger partial charge on any atom is 0.313 e. The number of carboxylic acids is 1. The van der Waals surface area contributed by atoms with E-state index < -0.39 is 11.4 Å². The van der Waals surface area contributed by atoms with Gasteiger partial charge in [-0.25, -0.2) is 9.97 Å². The molecule has 2 heterocycles. The molecule has 82 valence electrons. The van der Waals surface area contributed by atoms with Gasteiger partial charge in [-0.2, -0.15) is 0 Å². The van der Waals surface area contributed by atoms with Gasteiger partial charge in [-0.05, 0) is 37.6 Å². The molecule has 4 heteroatoms. The first-order chi connectivity index (χ1) is 7.53. The summed E-state index contributed by atoms with van der Waals surface area (Å²) in [6.07, 6.45) is 3.24. The highest BCUT2D eigenvalue weighted by Gasteiger charge is 2.31. The highest BCUT2D eigenvalue weighted by Crippen LogP contribution is 2.28. The van der Waals surface area contributed by atoms with Gasteiger partial charge < -0.3 is 5.11 Å². The summed E-state index contributed by atoms with van der Waals surface area (Å²) in [4.78, 5) is 19.4. The summed E-state index contributed by atoms with van der Waals surface area (Å²) >= 11 is 0. The molecular formula is C12H12N2O2. The van der Waals surface area contributed by atoms with Crippen molar-refractivity contribution in [1.82, 2.24) is 9.97 Å². The standard InChI is InChI=1S/C12H12N2O2/c1-12(2,11(15)16)9-5-7-14-10-8(9)4-3-6-13-10/h3-7H,1-2H3,(H,15,16). The van der Waals surface area contributed by atoms with Crippen LogP contribution in [0.4, 0.5) is 0 Å². The van der Waals surface area contributed by atoms with Crippen LogP contribution in [0.2, 0.25) is 0 Å². The lowest BCUT2D eigenvalue weighted by atomic mass is 9.83.